The molecule has 1 aromatic heterocycles. The average molecular weight is 478 g/mol. The maximum absolute atomic E-state index is 13.4. The van der Waals surface area contributed by atoms with Crippen LogP contribution < -0.4 is 10.6 Å². The van der Waals surface area contributed by atoms with Crippen molar-refractivity contribution in [3.05, 3.63) is 102 Å². The van der Waals surface area contributed by atoms with Crippen LogP contribution in [0.2, 0.25) is 0 Å². The van der Waals surface area contributed by atoms with Gasteiger partial charge in [0.1, 0.15) is 17.9 Å². The van der Waals surface area contributed by atoms with E-state index in [4.69, 9.17) is 5.10 Å². The number of rotatable bonds is 5. The molecule has 8 heteroatoms. The van der Waals surface area contributed by atoms with Crippen LogP contribution in [0.1, 0.15) is 17.5 Å². The second-order valence-electron chi connectivity index (χ2n) is 8.96. The van der Waals surface area contributed by atoms with E-state index in [0.29, 0.717) is 24.4 Å². The van der Waals surface area contributed by atoms with Crippen molar-refractivity contribution in [2.75, 3.05) is 11.9 Å². The Labute approximate surface area is 207 Å². The smallest absolute Gasteiger partial charge is 0.319 e. The molecule has 8 nitrogen and oxygen atoms in total. The Hall–Kier alpha value is -4.72. The van der Waals surface area contributed by atoms with Gasteiger partial charge < -0.3 is 10.6 Å². The number of urea groups is 1. The minimum atomic E-state index is -1.10. The SMILES string of the molecule is O=C(CN1C(=O)NC2(CCc3ccccc32)C1=O)Nc1cc(-c2ccccc2)nn1-c1ccccc1. The number of benzene rings is 3. The standard InChI is InChI=1S/C28H23N5O3/c34-25(18-32-26(35)28(30-27(32)36)16-15-19-9-7-8-14-22(19)28)29-24-17-23(20-10-3-1-4-11-20)31-33(24)21-12-5-2-6-13-21/h1-14,17H,15-16,18H2,(H,29,34)(H,30,36). The van der Waals surface area contributed by atoms with Crippen LogP contribution in [-0.2, 0) is 21.5 Å². The Kier molecular flexibility index (Phi) is 5.14. The number of carbonyl (C=O) groups excluding carboxylic acids is 3. The van der Waals surface area contributed by atoms with Crippen LogP contribution in [0.15, 0.2) is 91.0 Å². The summed E-state index contributed by atoms with van der Waals surface area (Å²) in [6.45, 7) is -0.394. The molecule has 1 unspecified atom stereocenters. The molecule has 1 saturated heterocycles. The number of imide groups is 1. The van der Waals surface area contributed by atoms with Crippen LogP contribution >= 0.6 is 0 Å². The highest BCUT2D eigenvalue weighted by Gasteiger charge is 2.55. The van der Waals surface area contributed by atoms with Crippen molar-refractivity contribution in [3.63, 3.8) is 0 Å². The molecule has 0 radical (unpaired) electrons. The van der Waals surface area contributed by atoms with E-state index in [-0.39, 0.29) is 0 Å². The van der Waals surface area contributed by atoms with Crippen molar-refractivity contribution < 1.29 is 14.4 Å². The van der Waals surface area contributed by atoms with Crippen LogP contribution in [-0.4, -0.2) is 39.1 Å². The fourth-order valence-electron chi connectivity index (χ4n) is 5.05. The van der Waals surface area contributed by atoms with Gasteiger partial charge in [-0.25, -0.2) is 9.48 Å². The van der Waals surface area contributed by atoms with E-state index < -0.39 is 29.9 Å². The summed E-state index contributed by atoms with van der Waals surface area (Å²) in [5, 5.41) is 10.4. The van der Waals surface area contributed by atoms with Crippen molar-refractivity contribution in [1.29, 1.82) is 0 Å². The summed E-state index contributed by atoms with van der Waals surface area (Å²) in [6, 6.07) is 27.9. The lowest BCUT2D eigenvalue weighted by Gasteiger charge is -2.22. The first-order chi connectivity index (χ1) is 17.5. The van der Waals surface area contributed by atoms with E-state index in [0.717, 1.165) is 27.3 Å². The van der Waals surface area contributed by atoms with Gasteiger partial charge in [0, 0.05) is 11.6 Å². The van der Waals surface area contributed by atoms with Gasteiger partial charge in [0.2, 0.25) is 5.91 Å². The Morgan fingerprint density at radius 2 is 1.64 bits per heavy atom. The molecule has 1 aliphatic heterocycles. The lowest BCUT2D eigenvalue weighted by molar-refractivity contribution is -0.134. The zero-order chi connectivity index (χ0) is 24.7. The number of aryl methyl sites for hydroxylation is 1. The van der Waals surface area contributed by atoms with Crippen LogP contribution in [0.25, 0.3) is 16.9 Å². The lowest BCUT2D eigenvalue weighted by Crippen LogP contribution is -2.43. The molecule has 1 spiro atoms. The molecule has 1 atom stereocenters. The highest BCUT2D eigenvalue weighted by atomic mass is 16.2. The molecule has 0 bridgehead atoms. The molecular weight excluding hydrogens is 454 g/mol. The number of aromatic nitrogens is 2. The largest absolute Gasteiger partial charge is 0.325 e. The first-order valence-electron chi connectivity index (χ1n) is 11.8. The number of anilines is 1. The monoisotopic (exact) mass is 477 g/mol. The third kappa shape index (κ3) is 3.54. The van der Waals surface area contributed by atoms with Crippen LogP contribution in [0, 0.1) is 0 Å². The predicted octanol–water partition coefficient (Wildman–Crippen LogP) is 3.87. The predicted molar refractivity (Wildman–Crippen MR) is 134 cm³/mol. The number of amides is 4. The number of hydrogen-bond donors (Lipinski definition) is 2. The zero-order valence-corrected chi connectivity index (χ0v) is 19.3. The molecule has 1 fully saturated rings. The zero-order valence-electron chi connectivity index (χ0n) is 19.3. The number of carbonyl (C=O) groups is 3. The third-order valence-electron chi connectivity index (χ3n) is 6.77. The van der Waals surface area contributed by atoms with E-state index in [1.807, 2.05) is 84.9 Å². The number of fused-ring (bicyclic) bond motifs is 2. The van der Waals surface area contributed by atoms with Crippen LogP contribution in [0.3, 0.4) is 0 Å². The Bertz CT molecular complexity index is 1480. The molecule has 6 rings (SSSR count). The molecule has 1 aliphatic carbocycles. The van der Waals surface area contributed by atoms with Gasteiger partial charge in [-0.1, -0.05) is 72.8 Å². The highest BCUT2D eigenvalue weighted by Crippen LogP contribution is 2.41. The molecule has 2 aliphatic rings. The van der Waals surface area contributed by atoms with Crippen LogP contribution in [0.4, 0.5) is 10.6 Å². The number of hydrogen-bond acceptors (Lipinski definition) is 4. The first-order valence-corrected chi connectivity index (χ1v) is 11.8. The Morgan fingerprint density at radius 1 is 0.944 bits per heavy atom. The Balaban J connectivity index is 1.26. The van der Waals surface area contributed by atoms with Crippen molar-refractivity contribution in [1.82, 2.24) is 20.0 Å². The van der Waals surface area contributed by atoms with E-state index in [1.54, 1.807) is 10.7 Å². The molecule has 4 aromatic rings. The van der Waals surface area contributed by atoms with E-state index in [9.17, 15) is 14.4 Å². The highest BCUT2D eigenvalue weighted by molar-refractivity contribution is 6.11. The second kappa shape index (κ2) is 8.49. The molecule has 2 N–H and O–H groups in total. The Morgan fingerprint density at radius 3 is 2.42 bits per heavy atom. The summed E-state index contributed by atoms with van der Waals surface area (Å²) < 4.78 is 1.64. The summed E-state index contributed by atoms with van der Waals surface area (Å²) in [5.74, 6) is -0.439. The number of nitrogens with one attached hydrogen (secondary N) is 2. The molecule has 4 amide bonds. The topological polar surface area (TPSA) is 96.3 Å². The van der Waals surface area contributed by atoms with Crippen LogP contribution in [0.5, 0.6) is 0 Å². The molecule has 0 saturated carbocycles. The van der Waals surface area contributed by atoms with E-state index in [1.165, 1.54) is 0 Å². The maximum atomic E-state index is 13.4. The second-order valence-corrected chi connectivity index (χ2v) is 8.96. The van der Waals surface area contributed by atoms with Crippen molar-refractivity contribution in [2.24, 2.45) is 0 Å². The first kappa shape index (κ1) is 21.8. The van der Waals surface area contributed by atoms with Crippen molar-refractivity contribution in [3.8, 4) is 16.9 Å². The minimum Gasteiger partial charge on any atom is -0.319 e. The summed E-state index contributed by atoms with van der Waals surface area (Å²) in [7, 11) is 0. The van der Waals surface area contributed by atoms with Gasteiger partial charge in [0.25, 0.3) is 5.91 Å². The number of para-hydroxylation sites is 1. The molecule has 178 valence electrons. The van der Waals surface area contributed by atoms with Gasteiger partial charge in [0.15, 0.2) is 0 Å². The lowest BCUT2D eigenvalue weighted by atomic mass is 9.92. The van der Waals surface area contributed by atoms with Gasteiger partial charge in [-0.2, -0.15) is 5.10 Å². The van der Waals surface area contributed by atoms with Gasteiger partial charge in [-0.15, -0.1) is 0 Å². The average Bonchev–Trinajstić information content (AvgIpc) is 3.57. The van der Waals surface area contributed by atoms with Gasteiger partial charge in [0.05, 0.1) is 11.4 Å². The number of nitrogens with zero attached hydrogens (tertiary/aromatic N) is 3. The van der Waals surface area contributed by atoms with Crippen molar-refractivity contribution in [2.45, 2.75) is 18.4 Å². The summed E-state index contributed by atoms with van der Waals surface area (Å²) >= 11 is 0. The molecular formula is C28H23N5O3. The van der Waals surface area contributed by atoms with Gasteiger partial charge in [-0.05, 0) is 36.1 Å². The van der Waals surface area contributed by atoms with Crippen molar-refractivity contribution >= 4 is 23.7 Å². The maximum Gasteiger partial charge on any atom is 0.325 e. The van der Waals surface area contributed by atoms with Gasteiger partial charge >= 0.3 is 6.03 Å². The molecule has 3 aromatic carbocycles. The quantitative estimate of drug-likeness (QED) is 0.427. The summed E-state index contributed by atoms with van der Waals surface area (Å²) in [6.07, 6.45) is 1.18. The summed E-state index contributed by atoms with van der Waals surface area (Å²) in [5.41, 5.74) is 3.11. The minimum absolute atomic E-state index is 0.394. The fourth-order valence-corrected chi connectivity index (χ4v) is 5.05. The van der Waals surface area contributed by atoms with Gasteiger partial charge in [-0.3, -0.25) is 14.5 Å². The van der Waals surface area contributed by atoms with E-state index in [2.05, 4.69) is 10.6 Å². The third-order valence-corrected chi connectivity index (χ3v) is 6.77. The normalized spacial score (nSPS) is 18.4. The molecule has 36 heavy (non-hydrogen) atoms. The van der Waals surface area contributed by atoms with E-state index >= 15 is 0 Å². The summed E-state index contributed by atoms with van der Waals surface area (Å²) in [4.78, 5) is 40.3. The molecule has 2 heterocycles. The fraction of sp³-hybridized carbons (Fsp3) is 0.143.